The van der Waals surface area contributed by atoms with Crippen molar-refractivity contribution in [3.63, 3.8) is 0 Å². The molecule has 4 aromatic rings. The summed E-state index contributed by atoms with van der Waals surface area (Å²) in [6, 6.07) is 16.4. The quantitative estimate of drug-likeness (QED) is 0.535. The van der Waals surface area contributed by atoms with E-state index in [9.17, 15) is 4.79 Å². The van der Waals surface area contributed by atoms with E-state index in [0.717, 1.165) is 27.9 Å². The molecule has 1 aliphatic rings. The van der Waals surface area contributed by atoms with E-state index in [1.54, 1.807) is 0 Å². The van der Waals surface area contributed by atoms with Crippen molar-refractivity contribution in [3.8, 4) is 22.5 Å². The van der Waals surface area contributed by atoms with Crippen LogP contribution in [-0.4, -0.2) is 9.97 Å². The van der Waals surface area contributed by atoms with Gasteiger partial charge in [-0.2, -0.15) is 0 Å². The Morgan fingerprint density at radius 2 is 1.73 bits per heavy atom. The topological polar surface area (TPSA) is 45.8 Å². The molecule has 3 nitrogen and oxygen atoms in total. The molecule has 0 radical (unpaired) electrons. The fourth-order valence-corrected chi connectivity index (χ4v) is 4.74. The Labute approximate surface area is 155 Å². The molecule has 1 aliphatic carbocycles. The third-order valence-electron chi connectivity index (χ3n) is 5.15. The molecule has 128 valence electrons. The van der Waals surface area contributed by atoms with Crippen LogP contribution < -0.4 is 5.56 Å². The van der Waals surface area contributed by atoms with Crippen molar-refractivity contribution in [3.05, 3.63) is 75.4 Å². The maximum Gasteiger partial charge on any atom is 0.260 e. The average Bonchev–Trinajstić information content (AvgIpc) is 3.13. The second kappa shape index (κ2) is 6.22. The monoisotopic (exact) mass is 358 g/mol. The molecule has 0 amide bonds. The molecule has 0 bridgehead atoms. The number of hydrogen-bond donors (Lipinski definition) is 1. The number of benzene rings is 2. The van der Waals surface area contributed by atoms with Crippen LogP contribution in [0.25, 0.3) is 32.7 Å². The van der Waals surface area contributed by atoms with Crippen LogP contribution in [-0.2, 0) is 12.8 Å². The summed E-state index contributed by atoms with van der Waals surface area (Å²) >= 11 is 1.54. The number of aryl methyl sites for hydroxylation is 2. The Hall–Kier alpha value is -2.72. The second-order valence-corrected chi connectivity index (χ2v) is 7.66. The zero-order valence-corrected chi connectivity index (χ0v) is 15.1. The lowest BCUT2D eigenvalue weighted by atomic mass is 9.89. The van der Waals surface area contributed by atoms with Crippen molar-refractivity contribution in [1.29, 1.82) is 0 Å². The minimum Gasteiger partial charge on any atom is -0.306 e. The number of nitrogens with one attached hydrogen (secondary N) is 1. The van der Waals surface area contributed by atoms with Crippen molar-refractivity contribution in [1.82, 2.24) is 9.97 Å². The van der Waals surface area contributed by atoms with Gasteiger partial charge in [-0.1, -0.05) is 48.5 Å². The predicted molar refractivity (Wildman–Crippen MR) is 108 cm³/mol. The van der Waals surface area contributed by atoms with E-state index in [4.69, 9.17) is 4.98 Å². The first-order valence-corrected chi connectivity index (χ1v) is 9.87. The van der Waals surface area contributed by atoms with Gasteiger partial charge in [0.05, 0.1) is 5.39 Å². The summed E-state index contributed by atoms with van der Waals surface area (Å²) in [7, 11) is 0. The number of aromatic nitrogens is 2. The van der Waals surface area contributed by atoms with Crippen LogP contribution in [0.5, 0.6) is 0 Å². The smallest absolute Gasteiger partial charge is 0.260 e. The molecule has 26 heavy (non-hydrogen) atoms. The van der Waals surface area contributed by atoms with Crippen LogP contribution >= 0.6 is 11.3 Å². The fourth-order valence-electron chi connectivity index (χ4n) is 3.80. The van der Waals surface area contributed by atoms with Gasteiger partial charge in [0.25, 0.3) is 5.56 Å². The molecule has 0 fully saturated rings. The van der Waals surface area contributed by atoms with E-state index in [1.807, 2.05) is 30.3 Å². The van der Waals surface area contributed by atoms with Gasteiger partial charge >= 0.3 is 0 Å². The molecule has 0 aliphatic heterocycles. The largest absolute Gasteiger partial charge is 0.306 e. The van der Waals surface area contributed by atoms with E-state index in [0.29, 0.717) is 11.2 Å². The molecule has 1 N–H and O–H groups in total. The van der Waals surface area contributed by atoms with Crippen LogP contribution in [0.4, 0.5) is 0 Å². The van der Waals surface area contributed by atoms with Gasteiger partial charge in [0, 0.05) is 16.5 Å². The first-order chi connectivity index (χ1) is 12.8. The van der Waals surface area contributed by atoms with E-state index < -0.39 is 0 Å². The van der Waals surface area contributed by atoms with E-state index >= 15 is 0 Å². The highest BCUT2D eigenvalue weighted by Crippen LogP contribution is 2.34. The molecule has 2 aromatic heterocycles. The van der Waals surface area contributed by atoms with Crippen molar-refractivity contribution < 1.29 is 0 Å². The Bertz CT molecular complexity index is 1160. The molecule has 0 saturated heterocycles. The SMILES string of the molecule is O=c1[nH]c(-c2ccccc2)nc2scc(-c3ccc4c(c3)CCCC4)c12. The van der Waals surface area contributed by atoms with Crippen LogP contribution in [0.1, 0.15) is 24.0 Å². The predicted octanol–water partition coefficient (Wildman–Crippen LogP) is 5.20. The van der Waals surface area contributed by atoms with Crippen LogP contribution in [0.2, 0.25) is 0 Å². The lowest BCUT2D eigenvalue weighted by molar-refractivity contribution is 0.686. The molecular weight excluding hydrogens is 340 g/mol. The number of rotatable bonds is 2. The van der Waals surface area contributed by atoms with Crippen molar-refractivity contribution in [2.75, 3.05) is 0 Å². The van der Waals surface area contributed by atoms with Crippen LogP contribution in [0.3, 0.4) is 0 Å². The molecule has 5 rings (SSSR count). The molecule has 2 heterocycles. The highest BCUT2D eigenvalue weighted by Gasteiger charge is 2.16. The zero-order valence-electron chi connectivity index (χ0n) is 14.3. The Kier molecular flexibility index (Phi) is 3.71. The number of fused-ring (bicyclic) bond motifs is 2. The molecular formula is C22H18N2OS. The number of hydrogen-bond acceptors (Lipinski definition) is 3. The third-order valence-corrected chi connectivity index (χ3v) is 6.02. The lowest BCUT2D eigenvalue weighted by Crippen LogP contribution is -2.09. The van der Waals surface area contributed by atoms with Crippen molar-refractivity contribution in [2.45, 2.75) is 25.7 Å². The summed E-state index contributed by atoms with van der Waals surface area (Å²) in [6.07, 6.45) is 4.84. The Morgan fingerprint density at radius 3 is 2.58 bits per heavy atom. The number of H-pyrrole nitrogens is 1. The summed E-state index contributed by atoms with van der Waals surface area (Å²) in [6.45, 7) is 0. The van der Waals surface area contributed by atoms with Gasteiger partial charge in [-0.05, 0) is 42.4 Å². The zero-order chi connectivity index (χ0) is 17.5. The number of nitrogens with zero attached hydrogens (tertiary/aromatic N) is 1. The third kappa shape index (κ3) is 2.58. The first kappa shape index (κ1) is 15.5. The molecule has 0 atom stereocenters. The van der Waals surface area contributed by atoms with E-state index in [-0.39, 0.29) is 5.56 Å². The van der Waals surface area contributed by atoms with Gasteiger partial charge in [0.2, 0.25) is 0 Å². The highest BCUT2D eigenvalue weighted by atomic mass is 32.1. The second-order valence-electron chi connectivity index (χ2n) is 6.80. The maximum absolute atomic E-state index is 12.8. The first-order valence-electron chi connectivity index (χ1n) is 8.99. The normalized spacial score (nSPS) is 13.7. The van der Waals surface area contributed by atoms with Gasteiger partial charge in [-0.15, -0.1) is 11.3 Å². The van der Waals surface area contributed by atoms with E-state index in [2.05, 4.69) is 28.6 Å². The molecule has 0 unspecified atom stereocenters. The lowest BCUT2D eigenvalue weighted by Gasteiger charge is -2.16. The number of thiophene rings is 1. The summed E-state index contributed by atoms with van der Waals surface area (Å²) in [4.78, 5) is 21.3. The highest BCUT2D eigenvalue weighted by molar-refractivity contribution is 7.17. The summed E-state index contributed by atoms with van der Waals surface area (Å²) < 4.78 is 0. The molecule has 0 saturated carbocycles. The van der Waals surface area contributed by atoms with Gasteiger partial charge in [-0.3, -0.25) is 4.79 Å². The minimum absolute atomic E-state index is 0.0668. The van der Waals surface area contributed by atoms with Gasteiger partial charge in [-0.25, -0.2) is 4.98 Å². The summed E-state index contributed by atoms with van der Waals surface area (Å²) in [5.41, 5.74) is 5.86. The fraction of sp³-hybridized carbons (Fsp3) is 0.182. The van der Waals surface area contributed by atoms with Gasteiger partial charge in [0.1, 0.15) is 10.7 Å². The van der Waals surface area contributed by atoms with Crippen molar-refractivity contribution >= 4 is 21.6 Å². The Balaban J connectivity index is 1.65. The van der Waals surface area contributed by atoms with Gasteiger partial charge < -0.3 is 4.98 Å². The Morgan fingerprint density at radius 1 is 0.923 bits per heavy atom. The maximum atomic E-state index is 12.8. The molecule has 0 spiro atoms. The molecule has 4 heteroatoms. The van der Waals surface area contributed by atoms with E-state index in [1.165, 1.54) is 41.7 Å². The number of aromatic amines is 1. The minimum atomic E-state index is -0.0668. The van der Waals surface area contributed by atoms with Gasteiger partial charge in [0.15, 0.2) is 0 Å². The standard InChI is InChI=1S/C22H18N2OS/c25-21-19-18(17-11-10-14-6-4-5-9-16(14)12-17)13-26-22(19)24-20(23-21)15-7-2-1-3-8-15/h1-3,7-8,10-13H,4-6,9H2,(H,23,24,25). The molecule has 2 aromatic carbocycles. The summed E-state index contributed by atoms with van der Waals surface area (Å²) in [5, 5.41) is 2.76. The summed E-state index contributed by atoms with van der Waals surface area (Å²) in [5.74, 6) is 0.627. The average molecular weight is 358 g/mol. The van der Waals surface area contributed by atoms with Crippen molar-refractivity contribution in [2.24, 2.45) is 0 Å². The van der Waals surface area contributed by atoms with Crippen LogP contribution in [0.15, 0.2) is 58.7 Å². The van der Waals surface area contributed by atoms with Crippen LogP contribution in [0, 0.1) is 0 Å².